The summed E-state index contributed by atoms with van der Waals surface area (Å²) in [5.41, 5.74) is 2.40. The Balaban J connectivity index is 2.60. The highest BCUT2D eigenvalue weighted by atomic mass is 16.5. The molecule has 0 aliphatic carbocycles. The van der Waals surface area contributed by atoms with Crippen LogP contribution in [0.1, 0.15) is 39.2 Å². The zero-order valence-corrected chi connectivity index (χ0v) is 11.9. The van der Waals surface area contributed by atoms with Crippen molar-refractivity contribution in [3.63, 3.8) is 0 Å². The van der Waals surface area contributed by atoms with Crippen molar-refractivity contribution >= 4 is 11.0 Å². The van der Waals surface area contributed by atoms with E-state index in [4.69, 9.17) is 4.74 Å². The van der Waals surface area contributed by atoms with Crippen LogP contribution in [-0.2, 0) is 6.54 Å². The lowest BCUT2D eigenvalue weighted by Gasteiger charge is -2.08. The van der Waals surface area contributed by atoms with Gasteiger partial charge in [-0.05, 0) is 23.5 Å². The standard InChI is InChI=1S/C15H22N2O/c1-10(2)8-17-9-13(11(3)4)12-6-7-14(18-5)16-15(12)17/h6-7,9-11H,8H2,1-5H3. The molecular formula is C15H22N2O. The van der Waals surface area contributed by atoms with Gasteiger partial charge in [0.15, 0.2) is 0 Å². The predicted octanol–water partition coefficient (Wildman–Crippen LogP) is 3.82. The van der Waals surface area contributed by atoms with Crippen molar-refractivity contribution in [2.45, 2.75) is 40.2 Å². The van der Waals surface area contributed by atoms with E-state index in [1.165, 1.54) is 10.9 Å². The predicted molar refractivity (Wildman–Crippen MR) is 75.2 cm³/mol. The van der Waals surface area contributed by atoms with Crippen molar-refractivity contribution in [1.82, 2.24) is 9.55 Å². The van der Waals surface area contributed by atoms with Crippen LogP contribution in [0.25, 0.3) is 11.0 Å². The minimum Gasteiger partial charge on any atom is -0.481 e. The summed E-state index contributed by atoms with van der Waals surface area (Å²) in [6, 6.07) is 4.06. The van der Waals surface area contributed by atoms with Crippen molar-refractivity contribution in [3.8, 4) is 5.88 Å². The van der Waals surface area contributed by atoms with Crippen LogP contribution in [0.4, 0.5) is 0 Å². The first-order valence-corrected chi connectivity index (χ1v) is 6.56. The molecule has 2 aromatic rings. The third-order valence-corrected chi connectivity index (χ3v) is 3.12. The Bertz CT molecular complexity index is 541. The van der Waals surface area contributed by atoms with Gasteiger partial charge < -0.3 is 9.30 Å². The average molecular weight is 246 g/mol. The van der Waals surface area contributed by atoms with E-state index >= 15 is 0 Å². The van der Waals surface area contributed by atoms with E-state index in [-0.39, 0.29) is 0 Å². The van der Waals surface area contributed by atoms with Gasteiger partial charge in [-0.25, -0.2) is 0 Å². The number of methoxy groups -OCH3 is 1. The van der Waals surface area contributed by atoms with Crippen LogP contribution in [-0.4, -0.2) is 16.7 Å². The SMILES string of the molecule is COc1ccc2c(C(C)C)cn(CC(C)C)c2n1. The lowest BCUT2D eigenvalue weighted by atomic mass is 10.0. The van der Waals surface area contributed by atoms with E-state index in [2.05, 4.69) is 49.5 Å². The van der Waals surface area contributed by atoms with Gasteiger partial charge in [-0.15, -0.1) is 0 Å². The minimum absolute atomic E-state index is 0.510. The number of aromatic nitrogens is 2. The molecule has 0 unspecified atom stereocenters. The van der Waals surface area contributed by atoms with Gasteiger partial charge in [-0.1, -0.05) is 27.7 Å². The van der Waals surface area contributed by atoms with Gasteiger partial charge in [0.05, 0.1) is 7.11 Å². The molecule has 0 saturated heterocycles. The Labute approximate surface area is 109 Å². The number of nitrogens with zero attached hydrogens (tertiary/aromatic N) is 2. The molecule has 2 rings (SSSR count). The monoisotopic (exact) mass is 246 g/mol. The smallest absolute Gasteiger partial charge is 0.214 e. The number of pyridine rings is 1. The Hall–Kier alpha value is -1.51. The van der Waals surface area contributed by atoms with Gasteiger partial charge in [-0.2, -0.15) is 4.98 Å². The fraction of sp³-hybridized carbons (Fsp3) is 0.533. The fourth-order valence-electron chi connectivity index (χ4n) is 2.28. The summed E-state index contributed by atoms with van der Waals surface area (Å²) in [6.07, 6.45) is 2.24. The van der Waals surface area contributed by atoms with Gasteiger partial charge in [0.2, 0.25) is 5.88 Å². The Morgan fingerprint density at radius 1 is 1.22 bits per heavy atom. The molecule has 0 saturated carbocycles. The van der Waals surface area contributed by atoms with E-state index in [1.54, 1.807) is 7.11 Å². The summed E-state index contributed by atoms with van der Waals surface area (Å²) in [4.78, 5) is 4.59. The molecule has 0 aliphatic rings. The summed E-state index contributed by atoms with van der Waals surface area (Å²) in [6.45, 7) is 9.88. The maximum Gasteiger partial charge on any atom is 0.214 e. The second-order valence-electron chi connectivity index (χ2n) is 5.51. The molecular weight excluding hydrogens is 224 g/mol. The summed E-state index contributed by atoms with van der Waals surface area (Å²) in [5.74, 6) is 1.80. The molecule has 0 bridgehead atoms. The molecule has 98 valence electrons. The van der Waals surface area contributed by atoms with Gasteiger partial charge in [0.25, 0.3) is 0 Å². The van der Waals surface area contributed by atoms with Crippen molar-refractivity contribution in [2.75, 3.05) is 7.11 Å². The van der Waals surface area contributed by atoms with Crippen molar-refractivity contribution in [3.05, 3.63) is 23.9 Å². The van der Waals surface area contributed by atoms with Crippen LogP contribution < -0.4 is 4.74 Å². The highest BCUT2D eigenvalue weighted by molar-refractivity contribution is 5.81. The molecule has 2 aromatic heterocycles. The maximum atomic E-state index is 5.23. The van der Waals surface area contributed by atoms with Gasteiger partial charge in [-0.3, -0.25) is 0 Å². The Morgan fingerprint density at radius 2 is 1.94 bits per heavy atom. The zero-order valence-electron chi connectivity index (χ0n) is 11.9. The summed E-state index contributed by atoms with van der Waals surface area (Å²) >= 11 is 0. The third-order valence-electron chi connectivity index (χ3n) is 3.12. The average Bonchev–Trinajstić information content (AvgIpc) is 2.67. The zero-order chi connectivity index (χ0) is 13.3. The number of rotatable bonds is 4. The molecule has 0 fully saturated rings. The topological polar surface area (TPSA) is 27.1 Å². The molecule has 0 spiro atoms. The van der Waals surface area contributed by atoms with E-state index in [0.29, 0.717) is 17.7 Å². The van der Waals surface area contributed by atoms with E-state index in [0.717, 1.165) is 12.2 Å². The summed E-state index contributed by atoms with van der Waals surface area (Å²) < 4.78 is 7.48. The third kappa shape index (κ3) is 2.35. The number of ether oxygens (including phenoxy) is 1. The lowest BCUT2D eigenvalue weighted by molar-refractivity contribution is 0.398. The normalized spacial score (nSPS) is 11.7. The Kier molecular flexibility index (Phi) is 3.60. The van der Waals surface area contributed by atoms with Crippen LogP contribution in [0.2, 0.25) is 0 Å². The molecule has 3 heteroatoms. The number of hydrogen-bond acceptors (Lipinski definition) is 2. The van der Waals surface area contributed by atoms with Crippen molar-refractivity contribution in [1.29, 1.82) is 0 Å². The molecule has 18 heavy (non-hydrogen) atoms. The van der Waals surface area contributed by atoms with E-state index in [9.17, 15) is 0 Å². The van der Waals surface area contributed by atoms with Crippen molar-refractivity contribution < 1.29 is 4.74 Å². The van der Waals surface area contributed by atoms with Crippen LogP contribution in [0, 0.1) is 5.92 Å². The lowest BCUT2D eigenvalue weighted by Crippen LogP contribution is -2.04. The molecule has 0 atom stereocenters. The van der Waals surface area contributed by atoms with Crippen LogP contribution in [0.5, 0.6) is 5.88 Å². The second-order valence-corrected chi connectivity index (χ2v) is 5.51. The number of hydrogen-bond donors (Lipinski definition) is 0. The first kappa shape index (κ1) is 12.9. The van der Waals surface area contributed by atoms with Crippen LogP contribution in [0.3, 0.4) is 0 Å². The summed E-state index contributed by atoms with van der Waals surface area (Å²) in [7, 11) is 1.66. The number of fused-ring (bicyclic) bond motifs is 1. The summed E-state index contributed by atoms with van der Waals surface area (Å²) in [5, 5.41) is 1.24. The molecule has 0 radical (unpaired) electrons. The van der Waals surface area contributed by atoms with Crippen molar-refractivity contribution in [2.24, 2.45) is 5.92 Å². The van der Waals surface area contributed by atoms with Gasteiger partial charge >= 0.3 is 0 Å². The van der Waals surface area contributed by atoms with Gasteiger partial charge in [0.1, 0.15) is 5.65 Å². The Morgan fingerprint density at radius 3 is 2.50 bits per heavy atom. The van der Waals surface area contributed by atoms with Gasteiger partial charge in [0, 0.05) is 24.2 Å². The van der Waals surface area contributed by atoms with Crippen LogP contribution in [0.15, 0.2) is 18.3 Å². The molecule has 0 amide bonds. The first-order valence-electron chi connectivity index (χ1n) is 6.56. The fourth-order valence-corrected chi connectivity index (χ4v) is 2.28. The molecule has 3 nitrogen and oxygen atoms in total. The highest BCUT2D eigenvalue weighted by Gasteiger charge is 2.13. The molecule has 0 N–H and O–H groups in total. The molecule has 2 heterocycles. The molecule has 0 aromatic carbocycles. The highest BCUT2D eigenvalue weighted by Crippen LogP contribution is 2.28. The second kappa shape index (κ2) is 5.01. The quantitative estimate of drug-likeness (QED) is 0.820. The van der Waals surface area contributed by atoms with E-state index < -0.39 is 0 Å². The minimum atomic E-state index is 0.510. The van der Waals surface area contributed by atoms with E-state index in [1.807, 2.05) is 6.07 Å². The van der Waals surface area contributed by atoms with Crippen LogP contribution >= 0.6 is 0 Å². The first-order chi connectivity index (χ1) is 8.52. The maximum absolute atomic E-state index is 5.23. The molecule has 0 aliphatic heterocycles. The largest absolute Gasteiger partial charge is 0.481 e.